The number of ether oxygens (including phenoxy) is 1. The van der Waals surface area contributed by atoms with E-state index in [0.29, 0.717) is 24.9 Å². The molecule has 0 heterocycles. The Morgan fingerprint density at radius 3 is 2.04 bits per heavy atom. The first-order chi connectivity index (χ1) is 10.4. The highest BCUT2D eigenvalue weighted by atomic mass is 79.9. The van der Waals surface area contributed by atoms with Crippen LogP contribution in [0.25, 0.3) is 0 Å². The van der Waals surface area contributed by atoms with E-state index in [4.69, 9.17) is 4.74 Å². The SMILES string of the molecule is CCOC(=O)CC1(C=[N+](CC(C)C)CC(C)C)CCCCC1.[Br-]. The monoisotopic (exact) mass is 389 g/mol. The van der Waals surface area contributed by atoms with Gasteiger partial charge in [-0.1, -0.05) is 47.0 Å². The average molecular weight is 390 g/mol. The summed E-state index contributed by atoms with van der Waals surface area (Å²) in [4.78, 5) is 12.1. The predicted octanol–water partition coefficient (Wildman–Crippen LogP) is 1.29. The molecule has 4 heteroatoms. The Hall–Kier alpha value is -0.380. The highest BCUT2D eigenvalue weighted by Gasteiger charge is 2.37. The number of esters is 1. The molecule has 0 atom stereocenters. The molecule has 0 spiro atoms. The Kier molecular flexibility index (Phi) is 11.0. The smallest absolute Gasteiger partial charge is 0.306 e. The first-order valence-corrected chi connectivity index (χ1v) is 9.12. The molecule has 0 aromatic rings. The van der Waals surface area contributed by atoms with Gasteiger partial charge in [-0.15, -0.1) is 0 Å². The van der Waals surface area contributed by atoms with Crippen LogP contribution in [0.4, 0.5) is 0 Å². The second-order valence-electron chi connectivity index (χ2n) is 7.78. The van der Waals surface area contributed by atoms with E-state index in [1.54, 1.807) is 0 Å². The fourth-order valence-corrected chi connectivity index (χ4v) is 3.61. The van der Waals surface area contributed by atoms with Gasteiger partial charge in [0.05, 0.1) is 18.4 Å². The van der Waals surface area contributed by atoms with Gasteiger partial charge in [0.25, 0.3) is 0 Å². The molecule has 1 fully saturated rings. The number of hydrogen-bond donors (Lipinski definition) is 0. The molecule has 3 nitrogen and oxygen atoms in total. The van der Waals surface area contributed by atoms with Crippen LogP contribution in [-0.4, -0.2) is 36.5 Å². The zero-order valence-corrected chi connectivity index (χ0v) is 17.3. The summed E-state index contributed by atoms with van der Waals surface area (Å²) in [6, 6.07) is 0. The van der Waals surface area contributed by atoms with E-state index in [9.17, 15) is 4.79 Å². The van der Waals surface area contributed by atoms with Crippen LogP contribution < -0.4 is 17.0 Å². The summed E-state index contributed by atoms with van der Waals surface area (Å²) in [5.74, 6) is 1.24. The molecule has 1 aliphatic rings. The maximum atomic E-state index is 12.1. The number of carbonyl (C=O) groups is 1. The van der Waals surface area contributed by atoms with Crippen LogP contribution in [0.3, 0.4) is 0 Å². The fraction of sp³-hybridized carbons (Fsp3) is 0.895. The van der Waals surface area contributed by atoms with Crippen molar-refractivity contribution in [1.29, 1.82) is 0 Å². The number of halogens is 1. The maximum Gasteiger partial charge on any atom is 0.306 e. The number of nitrogens with zero attached hydrogens (tertiary/aromatic N) is 1. The van der Waals surface area contributed by atoms with E-state index < -0.39 is 0 Å². The van der Waals surface area contributed by atoms with Gasteiger partial charge in [0, 0.05) is 11.8 Å². The van der Waals surface area contributed by atoms with E-state index in [1.165, 1.54) is 19.3 Å². The minimum absolute atomic E-state index is 0. The molecule has 1 aliphatic carbocycles. The van der Waals surface area contributed by atoms with Crippen molar-refractivity contribution in [2.75, 3.05) is 19.7 Å². The van der Waals surface area contributed by atoms with Gasteiger partial charge in [0.1, 0.15) is 19.3 Å². The molecule has 1 saturated carbocycles. The van der Waals surface area contributed by atoms with Crippen LogP contribution in [0.5, 0.6) is 0 Å². The molecular formula is C19H36BrNO2. The van der Waals surface area contributed by atoms with Gasteiger partial charge in [0.15, 0.2) is 0 Å². The molecule has 0 aromatic carbocycles. The lowest BCUT2D eigenvalue weighted by Crippen LogP contribution is -3.00. The molecule has 0 saturated heterocycles. The number of rotatable bonds is 8. The van der Waals surface area contributed by atoms with Gasteiger partial charge in [0.2, 0.25) is 0 Å². The normalized spacial score (nSPS) is 16.8. The first-order valence-electron chi connectivity index (χ1n) is 9.12. The van der Waals surface area contributed by atoms with Crippen molar-refractivity contribution in [3.63, 3.8) is 0 Å². The van der Waals surface area contributed by atoms with E-state index in [-0.39, 0.29) is 28.4 Å². The quantitative estimate of drug-likeness (QED) is 0.355. The van der Waals surface area contributed by atoms with E-state index in [0.717, 1.165) is 25.9 Å². The molecule has 0 radical (unpaired) electrons. The summed E-state index contributed by atoms with van der Waals surface area (Å²) >= 11 is 0. The lowest BCUT2D eigenvalue weighted by Gasteiger charge is -2.31. The van der Waals surface area contributed by atoms with Crippen molar-refractivity contribution in [2.45, 2.75) is 73.1 Å². The van der Waals surface area contributed by atoms with Crippen LogP contribution in [0, 0.1) is 17.3 Å². The molecule has 0 bridgehead atoms. The summed E-state index contributed by atoms with van der Waals surface area (Å²) in [6.07, 6.45) is 8.96. The number of hydrogen-bond acceptors (Lipinski definition) is 2. The lowest BCUT2D eigenvalue weighted by molar-refractivity contribution is -0.538. The largest absolute Gasteiger partial charge is 1.00 e. The zero-order chi connectivity index (χ0) is 16.6. The van der Waals surface area contributed by atoms with Crippen LogP contribution in [-0.2, 0) is 9.53 Å². The van der Waals surface area contributed by atoms with Gasteiger partial charge in [-0.3, -0.25) is 4.79 Å². The molecule has 0 unspecified atom stereocenters. The topological polar surface area (TPSA) is 29.3 Å². The molecule has 0 aromatic heterocycles. The van der Waals surface area contributed by atoms with Gasteiger partial charge in [-0.25, -0.2) is 4.58 Å². The average Bonchev–Trinajstić information content (AvgIpc) is 2.37. The van der Waals surface area contributed by atoms with Gasteiger partial charge >= 0.3 is 5.97 Å². The molecular weight excluding hydrogens is 354 g/mol. The van der Waals surface area contributed by atoms with E-state index in [1.807, 2.05) is 6.92 Å². The van der Waals surface area contributed by atoms with E-state index in [2.05, 4.69) is 38.5 Å². The summed E-state index contributed by atoms with van der Waals surface area (Å²) in [6.45, 7) is 13.6. The van der Waals surface area contributed by atoms with Crippen LogP contribution >= 0.6 is 0 Å². The molecule has 0 aliphatic heterocycles. The highest BCUT2D eigenvalue weighted by Crippen LogP contribution is 2.38. The standard InChI is InChI=1S/C19H36NO2.BrH/c1-6-22-18(21)12-19(10-8-7-9-11-19)15-20(13-16(2)3)14-17(4)5;/h15-17H,6-14H2,1-5H3;1H/q+1;/p-1. The molecule has 136 valence electrons. The van der Waals surface area contributed by atoms with Gasteiger partial charge < -0.3 is 21.7 Å². The molecule has 0 N–H and O–H groups in total. The van der Waals surface area contributed by atoms with Crippen molar-refractivity contribution in [1.82, 2.24) is 0 Å². The molecule has 0 amide bonds. The van der Waals surface area contributed by atoms with Crippen molar-refractivity contribution in [3.05, 3.63) is 0 Å². The van der Waals surface area contributed by atoms with Crippen molar-refractivity contribution < 1.29 is 31.1 Å². The third-order valence-electron chi connectivity index (χ3n) is 4.31. The second kappa shape index (κ2) is 11.2. The third kappa shape index (κ3) is 8.88. The Balaban J connectivity index is 0.00000484. The Morgan fingerprint density at radius 1 is 1.09 bits per heavy atom. The third-order valence-corrected chi connectivity index (χ3v) is 4.31. The van der Waals surface area contributed by atoms with Crippen LogP contribution in [0.2, 0.25) is 0 Å². The fourth-order valence-electron chi connectivity index (χ4n) is 3.61. The highest BCUT2D eigenvalue weighted by molar-refractivity contribution is 5.76. The molecule has 23 heavy (non-hydrogen) atoms. The molecule has 1 rings (SSSR count). The van der Waals surface area contributed by atoms with Gasteiger partial charge in [-0.05, 0) is 19.8 Å². The Morgan fingerprint density at radius 2 is 1.61 bits per heavy atom. The van der Waals surface area contributed by atoms with E-state index >= 15 is 0 Å². The van der Waals surface area contributed by atoms with Crippen molar-refractivity contribution >= 4 is 12.2 Å². The minimum atomic E-state index is -0.0327. The second-order valence-corrected chi connectivity index (χ2v) is 7.78. The summed E-state index contributed by atoms with van der Waals surface area (Å²) < 4.78 is 7.71. The predicted molar refractivity (Wildman–Crippen MR) is 92.5 cm³/mol. The Labute approximate surface area is 153 Å². The van der Waals surface area contributed by atoms with Crippen molar-refractivity contribution in [3.8, 4) is 0 Å². The van der Waals surface area contributed by atoms with Gasteiger partial charge in [-0.2, -0.15) is 0 Å². The zero-order valence-electron chi connectivity index (χ0n) is 15.7. The maximum absolute atomic E-state index is 12.1. The summed E-state index contributed by atoms with van der Waals surface area (Å²) in [7, 11) is 0. The van der Waals surface area contributed by atoms with Crippen LogP contribution in [0.1, 0.15) is 73.1 Å². The number of carbonyl (C=O) groups excluding carboxylic acids is 1. The Bertz CT molecular complexity index is 360. The minimum Gasteiger partial charge on any atom is -1.00 e. The summed E-state index contributed by atoms with van der Waals surface area (Å²) in [5.41, 5.74) is 0.0221. The van der Waals surface area contributed by atoms with Crippen LogP contribution in [0.15, 0.2) is 0 Å². The van der Waals surface area contributed by atoms with Crippen molar-refractivity contribution in [2.24, 2.45) is 17.3 Å². The summed E-state index contributed by atoms with van der Waals surface area (Å²) in [5, 5.41) is 0. The lowest BCUT2D eigenvalue weighted by atomic mass is 9.72. The first kappa shape index (κ1) is 22.6.